The van der Waals surface area contributed by atoms with Gasteiger partial charge < -0.3 is 4.84 Å². The molecule has 0 unspecified atom stereocenters. The highest BCUT2D eigenvalue weighted by Crippen LogP contribution is 2.03. The lowest BCUT2D eigenvalue weighted by molar-refractivity contribution is -0.173. The van der Waals surface area contributed by atoms with Gasteiger partial charge in [-0.2, -0.15) is 0 Å². The molecule has 2 N–H and O–H groups in total. The van der Waals surface area contributed by atoms with E-state index in [9.17, 15) is 9.59 Å². The number of carbonyl (C=O) groups is 2. The Hall–Kier alpha value is -2.14. The lowest BCUT2D eigenvalue weighted by Crippen LogP contribution is -2.39. The molecule has 0 bridgehead atoms. The molecule has 16 heavy (non-hydrogen) atoms. The van der Waals surface area contributed by atoms with Gasteiger partial charge in [-0.1, -0.05) is 30.0 Å². The summed E-state index contributed by atoms with van der Waals surface area (Å²) in [4.78, 5) is 27.2. The molecule has 1 rings (SSSR count). The highest BCUT2D eigenvalue weighted by Gasteiger charge is 2.16. The third-order valence-electron chi connectivity index (χ3n) is 1.75. The molecule has 0 saturated carbocycles. The van der Waals surface area contributed by atoms with Gasteiger partial charge in [-0.05, 0) is 19.1 Å². The predicted octanol–water partition coefficient (Wildman–Crippen LogP) is 1.04. The van der Waals surface area contributed by atoms with Gasteiger partial charge in [-0.15, -0.1) is 0 Å². The summed E-state index contributed by atoms with van der Waals surface area (Å²) >= 11 is 0. The number of amides is 1. The van der Waals surface area contributed by atoms with Crippen LogP contribution in [-0.2, 0) is 9.63 Å². The van der Waals surface area contributed by atoms with Gasteiger partial charge in [0.25, 0.3) is 0 Å². The summed E-state index contributed by atoms with van der Waals surface area (Å²) in [7, 11) is 0. The number of nitrogens with zero attached hydrogens (tertiary/aromatic N) is 1. The summed E-state index contributed by atoms with van der Waals surface area (Å²) < 4.78 is 0. The van der Waals surface area contributed by atoms with Crippen molar-refractivity contribution in [2.45, 2.75) is 6.92 Å². The van der Waals surface area contributed by atoms with Gasteiger partial charge in [0.2, 0.25) is 0 Å². The van der Waals surface area contributed by atoms with E-state index in [1.165, 1.54) is 6.92 Å². The Kier molecular flexibility index (Phi) is 3.79. The molecule has 1 aromatic rings. The van der Waals surface area contributed by atoms with Gasteiger partial charge in [0, 0.05) is 11.1 Å². The average molecular weight is 220 g/mol. The number of nitrogens with two attached hydrogens (primary N) is 1. The molecule has 84 valence electrons. The SMILES string of the molecule is C=C(C)C(=O)ON(N)C(=O)c1ccccc1. The van der Waals surface area contributed by atoms with Crippen molar-refractivity contribution in [2.24, 2.45) is 5.84 Å². The van der Waals surface area contributed by atoms with Crippen LogP contribution in [-0.4, -0.2) is 17.0 Å². The summed E-state index contributed by atoms with van der Waals surface area (Å²) in [5, 5.41) is 0.395. The minimum atomic E-state index is -0.744. The number of hydrogen-bond donors (Lipinski definition) is 1. The number of carbonyl (C=O) groups excluding carboxylic acids is 2. The van der Waals surface area contributed by atoms with Crippen molar-refractivity contribution in [1.82, 2.24) is 5.17 Å². The first kappa shape index (κ1) is 11.9. The van der Waals surface area contributed by atoms with Crippen LogP contribution in [0.5, 0.6) is 0 Å². The summed E-state index contributed by atoms with van der Waals surface area (Å²) in [6, 6.07) is 8.26. The molecule has 1 amide bonds. The zero-order chi connectivity index (χ0) is 12.1. The number of rotatable bonds is 2. The van der Waals surface area contributed by atoms with Crippen LogP contribution in [0.4, 0.5) is 0 Å². The van der Waals surface area contributed by atoms with E-state index in [2.05, 4.69) is 11.4 Å². The number of hydroxylamine groups is 1. The lowest BCUT2D eigenvalue weighted by atomic mass is 10.2. The van der Waals surface area contributed by atoms with Crippen molar-refractivity contribution in [3.8, 4) is 0 Å². The van der Waals surface area contributed by atoms with Crippen LogP contribution in [0.1, 0.15) is 17.3 Å². The van der Waals surface area contributed by atoms with Gasteiger partial charge in [-0.25, -0.2) is 10.6 Å². The van der Waals surface area contributed by atoms with Crippen molar-refractivity contribution in [2.75, 3.05) is 0 Å². The van der Waals surface area contributed by atoms with E-state index in [4.69, 9.17) is 5.84 Å². The summed E-state index contributed by atoms with van der Waals surface area (Å²) in [5.41, 5.74) is 0.496. The maximum absolute atomic E-state index is 11.6. The van der Waals surface area contributed by atoms with Gasteiger partial charge in [0.05, 0.1) is 0 Å². The lowest BCUT2D eigenvalue weighted by Gasteiger charge is -2.14. The first-order valence-electron chi connectivity index (χ1n) is 4.54. The molecule has 0 radical (unpaired) electrons. The van der Waals surface area contributed by atoms with Crippen LogP contribution in [0.15, 0.2) is 42.5 Å². The van der Waals surface area contributed by atoms with Crippen molar-refractivity contribution in [3.63, 3.8) is 0 Å². The van der Waals surface area contributed by atoms with Crippen LogP contribution in [0.25, 0.3) is 0 Å². The zero-order valence-corrected chi connectivity index (χ0v) is 8.84. The van der Waals surface area contributed by atoms with Crippen molar-refractivity contribution in [1.29, 1.82) is 0 Å². The minimum Gasteiger partial charge on any atom is -0.317 e. The third kappa shape index (κ3) is 2.93. The molecular formula is C11H12N2O3. The fraction of sp³-hybridized carbons (Fsp3) is 0.0909. The standard InChI is InChI=1S/C11H12N2O3/c1-8(2)11(15)16-13(12)10(14)9-6-4-3-5-7-9/h3-7H,1,12H2,2H3. The predicted molar refractivity (Wildman–Crippen MR) is 57.7 cm³/mol. The van der Waals surface area contributed by atoms with Crippen LogP contribution in [0.2, 0.25) is 0 Å². The van der Waals surface area contributed by atoms with E-state index in [0.717, 1.165) is 0 Å². The molecule has 0 aromatic heterocycles. The molecule has 1 aromatic carbocycles. The van der Waals surface area contributed by atoms with E-state index < -0.39 is 11.9 Å². The maximum Gasteiger partial charge on any atom is 0.360 e. The Morgan fingerprint density at radius 3 is 2.38 bits per heavy atom. The Balaban J connectivity index is 2.69. The minimum absolute atomic E-state index is 0.163. The van der Waals surface area contributed by atoms with E-state index in [1.54, 1.807) is 30.3 Å². The van der Waals surface area contributed by atoms with E-state index in [-0.39, 0.29) is 5.57 Å². The summed E-state index contributed by atoms with van der Waals surface area (Å²) in [6.07, 6.45) is 0. The fourth-order valence-electron chi connectivity index (χ4n) is 0.917. The molecule has 0 aliphatic carbocycles. The Morgan fingerprint density at radius 1 is 1.31 bits per heavy atom. The van der Waals surface area contributed by atoms with Gasteiger partial charge in [0.1, 0.15) is 0 Å². The van der Waals surface area contributed by atoms with Gasteiger partial charge in [0.15, 0.2) is 0 Å². The van der Waals surface area contributed by atoms with Crippen LogP contribution < -0.4 is 5.84 Å². The Bertz CT molecular complexity index is 414. The van der Waals surface area contributed by atoms with E-state index >= 15 is 0 Å². The molecule has 0 spiro atoms. The van der Waals surface area contributed by atoms with Crippen molar-refractivity contribution in [3.05, 3.63) is 48.0 Å². The van der Waals surface area contributed by atoms with E-state index in [0.29, 0.717) is 10.7 Å². The molecule has 0 atom stereocenters. The summed E-state index contributed by atoms with van der Waals surface area (Å²) in [5.74, 6) is 3.94. The quantitative estimate of drug-likeness (QED) is 0.350. The maximum atomic E-state index is 11.6. The molecule has 0 saturated heterocycles. The highest BCUT2D eigenvalue weighted by atomic mass is 16.7. The van der Waals surface area contributed by atoms with Crippen LogP contribution in [0, 0.1) is 0 Å². The van der Waals surface area contributed by atoms with Crippen molar-refractivity contribution >= 4 is 11.9 Å². The van der Waals surface area contributed by atoms with Crippen LogP contribution >= 0.6 is 0 Å². The topological polar surface area (TPSA) is 72.6 Å². The normalized spacial score (nSPS) is 9.38. The van der Waals surface area contributed by atoms with E-state index in [1.807, 2.05) is 0 Å². The molecule has 5 nitrogen and oxygen atoms in total. The number of hydrogen-bond acceptors (Lipinski definition) is 4. The molecule has 0 aliphatic heterocycles. The molecule has 5 heteroatoms. The molecule has 0 aliphatic rings. The Labute approximate surface area is 93.0 Å². The summed E-state index contributed by atoms with van der Waals surface area (Å²) in [6.45, 7) is 4.83. The van der Waals surface area contributed by atoms with Crippen LogP contribution in [0.3, 0.4) is 0 Å². The average Bonchev–Trinajstić information content (AvgIpc) is 2.28. The number of hydrazine groups is 1. The second kappa shape index (κ2) is 5.09. The highest BCUT2D eigenvalue weighted by molar-refractivity contribution is 5.95. The monoisotopic (exact) mass is 220 g/mol. The first-order chi connectivity index (χ1) is 7.52. The molecular weight excluding hydrogens is 208 g/mol. The Morgan fingerprint density at radius 2 is 1.88 bits per heavy atom. The third-order valence-corrected chi connectivity index (χ3v) is 1.75. The molecule has 0 fully saturated rings. The smallest absolute Gasteiger partial charge is 0.317 e. The largest absolute Gasteiger partial charge is 0.360 e. The second-order valence-corrected chi connectivity index (χ2v) is 3.16. The fourth-order valence-corrected chi connectivity index (χ4v) is 0.917. The first-order valence-corrected chi connectivity index (χ1v) is 4.54. The molecule has 0 heterocycles. The number of benzene rings is 1. The zero-order valence-electron chi connectivity index (χ0n) is 8.84. The van der Waals surface area contributed by atoms with Gasteiger partial charge >= 0.3 is 11.9 Å². The van der Waals surface area contributed by atoms with Crippen molar-refractivity contribution < 1.29 is 14.4 Å². The second-order valence-electron chi connectivity index (χ2n) is 3.16. The van der Waals surface area contributed by atoms with Gasteiger partial charge in [-0.3, -0.25) is 4.79 Å².